The molecule has 0 radical (unpaired) electrons. The third-order valence-corrected chi connectivity index (χ3v) is 4.41. The van der Waals surface area contributed by atoms with Crippen LogP contribution in [0.15, 0.2) is 22.1 Å². The molecule has 0 bridgehead atoms. The minimum absolute atomic E-state index is 0.252. The predicted molar refractivity (Wildman–Crippen MR) is 75.8 cm³/mol. The standard InChI is InChI=1S/C12H18F3N3O2Si/c1-21(2,3)5-4-20-8-18-10(7-19)11(12(13,14)15)9(16)6-17-18/h6H,4-5,8,16H2,1-3H3. The second-order valence-corrected chi connectivity index (χ2v) is 11.4. The van der Waals surface area contributed by atoms with E-state index in [1.165, 1.54) is 5.94 Å². The lowest BCUT2D eigenvalue weighted by atomic mass is 10.1. The molecule has 0 aliphatic carbocycles. The van der Waals surface area contributed by atoms with Crippen molar-refractivity contribution in [2.45, 2.75) is 31.9 Å². The molecule has 118 valence electrons. The lowest BCUT2D eigenvalue weighted by Crippen LogP contribution is -2.34. The van der Waals surface area contributed by atoms with Gasteiger partial charge in [0.05, 0.1) is 11.9 Å². The summed E-state index contributed by atoms with van der Waals surface area (Å²) in [6, 6.07) is 0.856. The van der Waals surface area contributed by atoms with Gasteiger partial charge in [-0.05, 0) is 6.04 Å². The minimum atomic E-state index is -4.75. The molecule has 0 aromatic rings. The van der Waals surface area contributed by atoms with E-state index < -0.39 is 31.2 Å². The fourth-order valence-corrected chi connectivity index (χ4v) is 2.31. The smallest absolute Gasteiger partial charge is 0.397 e. The molecule has 0 saturated carbocycles. The van der Waals surface area contributed by atoms with Gasteiger partial charge in [-0.2, -0.15) is 18.3 Å². The molecule has 9 heteroatoms. The zero-order valence-electron chi connectivity index (χ0n) is 12.1. The predicted octanol–water partition coefficient (Wildman–Crippen LogP) is 2.09. The van der Waals surface area contributed by atoms with Crippen molar-refractivity contribution in [3.05, 3.63) is 17.0 Å². The van der Waals surface area contributed by atoms with Gasteiger partial charge in [-0.3, -0.25) is 0 Å². The molecule has 0 fully saturated rings. The summed E-state index contributed by atoms with van der Waals surface area (Å²) in [4.78, 5) is 10.8. The van der Waals surface area contributed by atoms with Crippen molar-refractivity contribution in [3.8, 4) is 0 Å². The summed E-state index contributed by atoms with van der Waals surface area (Å²) in [6.07, 6.45) is -3.90. The monoisotopic (exact) mass is 321 g/mol. The molecular weight excluding hydrogens is 303 g/mol. The lowest BCUT2D eigenvalue weighted by molar-refractivity contribution is -0.0935. The number of halogens is 3. The zero-order chi connectivity index (χ0) is 16.3. The van der Waals surface area contributed by atoms with Crippen molar-refractivity contribution in [1.29, 1.82) is 0 Å². The third kappa shape index (κ3) is 5.03. The highest BCUT2D eigenvalue weighted by atomic mass is 28.3. The van der Waals surface area contributed by atoms with Gasteiger partial charge in [0.25, 0.3) is 0 Å². The molecular formula is C12H18F3N3O2Si. The van der Waals surface area contributed by atoms with E-state index in [1.807, 2.05) is 0 Å². The molecule has 21 heavy (non-hydrogen) atoms. The van der Waals surface area contributed by atoms with Crippen molar-refractivity contribution in [1.82, 2.24) is 5.01 Å². The molecule has 2 N–H and O–H groups in total. The van der Waals surface area contributed by atoms with E-state index in [1.54, 1.807) is 0 Å². The van der Waals surface area contributed by atoms with Gasteiger partial charge in [-0.15, -0.1) is 0 Å². The van der Waals surface area contributed by atoms with Crippen LogP contribution in [0.25, 0.3) is 0 Å². The number of carbonyl (C=O) groups excluding carboxylic acids is 1. The number of alkyl halides is 3. The summed E-state index contributed by atoms with van der Waals surface area (Å²) in [5, 5.41) is 4.49. The second kappa shape index (κ2) is 6.46. The highest BCUT2D eigenvalue weighted by Gasteiger charge is 2.42. The Labute approximate surface area is 121 Å². The molecule has 1 heterocycles. The Bertz CT molecular complexity index is 503. The molecule has 1 aliphatic heterocycles. The first-order valence-corrected chi connectivity index (χ1v) is 9.98. The maximum absolute atomic E-state index is 12.9. The quantitative estimate of drug-likeness (QED) is 0.478. The average Bonchev–Trinajstić information content (AvgIpc) is 2.32. The van der Waals surface area contributed by atoms with Gasteiger partial charge in [-0.1, -0.05) is 19.6 Å². The molecule has 0 amide bonds. The molecule has 0 aromatic heterocycles. The minimum Gasteiger partial charge on any atom is -0.397 e. The summed E-state index contributed by atoms with van der Waals surface area (Å²) < 4.78 is 44.0. The highest BCUT2D eigenvalue weighted by molar-refractivity contribution is 6.76. The summed E-state index contributed by atoms with van der Waals surface area (Å²) in [5.41, 5.74) is 2.65. The average molecular weight is 321 g/mol. The first-order chi connectivity index (χ1) is 9.56. The van der Waals surface area contributed by atoms with Gasteiger partial charge >= 0.3 is 6.18 Å². The maximum atomic E-state index is 12.9. The van der Waals surface area contributed by atoms with Gasteiger partial charge in [0.2, 0.25) is 0 Å². The van der Waals surface area contributed by atoms with Crippen LogP contribution >= 0.6 is 0 Å². The lowest BCUT2D eigenvalue weighted by Gasteiger charge is -2.26. The van der Waals surface area contributed by atoms with E-state index in [4.69, 9.17) is 10.5 Å². The van der Waals surface area contributed by atoms with Gasteiger partial charge in [0, 0.05) is 14.7 Å². The van der Waals surface area contributed by atoms with Crippen LogP contribution in [0.5, 0.6) is 0 Å². The third-order valence-electron chi connectivity index (χ3n) is 2.71. The van der Waals surface area contributed by atoms with Crippen molar-refractivity contribution in [2.24, 2.45) is 10.8 Å². The van der Waals surface area contributed by atoms with Crippen LogP contribution in [0.2, 0.25) is 25.7 Å². The number of hydrogen-bond acceptors (Lipinski definition) is 5. The molecule has 0 spiro atoms. The van der Waals surface area contributed by atoms with E-state index in [2.05, 4.69) is 24.7 Å². The van der Waals surface area contributed by atoms with Crippen LogP contribution in [-0.2, 0) is 9.53 Å². The Morgan fingerprint density at radius 2 is 2.05 bits per heavy atom. The van der Waals surface area contributed by atoms with Crippen LogP contribution in [-0.4, -0.2) is 44.8 Å². The number of hydrogen-bond donors (Lipinski definition) is 1. The molecule has 1 rings (SSSR count). The van der Waals surface area contributed by atoms with E-state index >= 15 is 0 Å². The van der Waals surface area contributed by atoms with Crippen LogP contribution in [0.1, 0.15) is 0 Å². The van der Waals surface area contributed by atoms with Crippen LogP contribution < -0.4 is 5.73 Å². The Morgan fingerprint density at radius 3 is 2.52 bits per heavy atom. The van der Waals surface area contributed by atoms with Crippen LogP contribution in [0.3, 0.4) is 0 Å². The Morgan fingerprint density at radius 1 is 1.43 bits per heavy atom. The second-order valence-electron chi connectivity index (χ2n) is 5.77. The zero-order valence-corrected chi connectivity index (χ0v) is 13.1. The normalized spacial score (nSPS) is 16.5. The molecule has 0 saturated heterocycles. The van der Waals surface area contributed by atoms with Crippen LogP contribution in [0, 0.1) is 0 Å². The molecule has 0 atom stereocenters. The number of nitrogens with two attached hydrogens (primary N) is 1. The van der Waals surface area contributed by atoms with E-state index in [-0.39, 0.29) is 6.73 Å². The van der Waals surface area contributed by atoms with Crippen molar-refractivity contribution in [3.63, 3.8) is 0 Å². The van der Waals surface area contributed by atoms with E-state index in [9.17, 15) is 18.0 Å². The van der Waals surface area contributed by atoms with Crippen molar-refractivity contribution in [2.75, 3.05) is 13.3 Å². The fraction of sp³-hybridized carbons (Fsp3) is 0.583. The summed E-state index contributed by atoms with van der Waals surface area (Å²) >= 11 is 0. The summed E-state index contributed by atoms with van der Waals surface area (Å²) in [5.74, 6) is 1.25. The highest BCUT2D eigenvalue weighted by Crippen LogP contribution is 2.34. The molecule has 1 aliphatic rings. The number of hydrazone groups is 1. The maximum Gasteiger partial charge on any atom is 0.421 e. The molecule has 0 unspecified atom stereocenters. The van der Waals surface area contributed by atoms with Crippen molar-refractivity contribution >= 4 is 20.2 Å². The number of rotatable bonds is 5. The summed E-state index contributed by atoms with van der Waals surface area (Å²) in [7, 11) is -1.30. The Balaban J connectivity index is 2.75. The van der Waals surface area contributed by atoms with Gasteiger partial charge in [0.1, 0.15) is 12.3 Å². The largest absolute Gasteiger partial charge is 0.421 e. The number of nitrogens with zero attached hydrogens (tertiary/aromatic N) is 2. The van der Waals surface area contributed by atoms with Gasteiger partial charge in [-0.25, -0.2) is 9.80 Å². The van der Waals surface area contributed by atoms with E-state index in [0.717, 1.165) is 17.3 Å². The van der Waals surface area contributed by atoms with Gasteiger partial charge < -0.3 is 10.5 Å². The van der Waals surface area contributed by atoms with Crippen LogP contribution in [0.4, 0.5) is 13.2 Å². The number of allylic oxidation sites excluding steroid dienone is 2. The summed E-state index contributed by atoms with van der Waals surface area (Å²) in [6.45, 7) is 6.60. The molecule has 5 nitrogen and oxygen atoms in total. The fourth-order valence-electron chi connectivity index (χ4n) is 1.55. The Kier molecular flexibility index (Phi) is 5.38. The Hall–Kier alpha value is -1.57. The first kappa shape index (κ1) is 17.5. The SMILES string of the molecule is C[Si](C)(C)CCOCN1N=CC(N)=C(C(F)(F)F)C1=C=O. The molecule has 0 aromatic carbocycles. The van der Waals surface area contributed by atoms with Gasteiger partial charge in [0.15, 0.2) is 11.6 Å². The van der Waals surface area contributed by atoms with Crippen molar-refractivity contribution < 1.29 is 22.7 Å². The van der Waals surface area contributed by atoms with E-state index in [0.29, 0.717) is 6.61 Å². The number of ether oxygens (including phenoxy) is 1. The topological polar surface area (TPSA) is 67.9 Å². The first-order valence-electron chi connectivity index (χ1n) is 6.28.